The van der Waals surface area contributed by atoms with Crippen LogP contribution in [-0.2, 0) is 0 Å². The normalized spacial score (nSPS) is 27.9. The van der Waals surface area contributed by atoms with Crippen LogP contribution in [0.2, 0.25) is 0 Å². The summed E-state index contributed by atoms with van der Waals surface area (Å²) < 4.78 is 20.1. The van der Waals surface area contributed by atoms with Gasteiger partial charge in [-0.2, -0.15) is 0 Å². The minimum Gasteiger partial charge on any atom is -0.486 e. The molecule has 0 spiro atoms. The van der Waals surface area contributed by atoms with Crippen LogP contribution in [0.3, 0.4) is 0 Å². The summed E-state index contributed by atoms with van der Waals surface area (Å²) >= 11 is 0. The van der Waals surface area contributed by atoms with Crippen molar-refractivity contribution in [1.29, 1.82) is 0 Å². The molecule has 2 fully saturated rings. The highest BCUT2D eigenvalue weighted by Gasteiger charge is 2.35. The highest BCUT2D eigenvalue weighted by atomic mass is 19.1. The molecule has 4 rings (SSSR count). The van der Waals surface area contributed by atoms with Gasteiger partial charge in [0.05, 0.1) is 0 Å². The summed E-state index contributed by atoms with van der Waals surface area (Å²) in [5.74, 6) is 3.49. The van der Waals surface area contributed by atoms with Gasteiger partial charge in [-0.1, -0.05) is 56.7 Å². The molecule has 2 aromatic carbocycles. The second-order valence-corrected chi connectivity index (χ2v) is 8.58. The van der Waals surface area contributed by atoms with Crippen molar-refractivity contribution in [2.45, 2.75) is 57.8 Å². The largest absolute Gasteiger partial charge is 0.486 e. The van der Waals surface area contributed by atoms with E-state index in [2.05, 4.69) is 25.6 Å². The van der Waals surface area contributed by atoms with E-state index in [0.717, 1.165) is 23.1 Å². The number of halogens is 1. The molecule has 2 heteroatoms. The molecule has 0 amide bonds. The third-order valence-corrected chi connectivity index (χ3v) is 7.07. The lowest BCUT2D eigenvalue weighted by molar-refractivity contribution is 0.116. The molecule has 27 heavy (non-hydrogen) atoms. The number of fused-ring (bicyclic) bond motifs is 2. The van der Waals surface area contributed by atoms with Crippen molar-refractivity contribution >= 4 is 10.8 Å². The molecule has 0 bridgehead atoms. The average Bonchev–Trinajstić information content (AvgIpc) is 2.72. The second-order valence-electron chi connectivity index (χ2n) is 8.58. The van der Waals surface area contributed by atoms with Crippen molar-refractivity contribution in [3.63, 3.8) is 0 Å². The minimum absolute atomic E-state index is 0.262. The van der Waals surface area contributed by atoms with Crippen LogP contribution in [0, 0.1) is 23.6 Å². The monoisotopic (exact) mass is 366 g/mol. The maximum absolute atomic E-state index is 14.7. The Balaban J connectivity index is 1.52. The quantitative estimate of drug-likeness (QED) is 0.506. The van der Waals surface area contributed by atoms with Gasteiger partial charge < -0.3 is 4.74 Å². The van der Waals surface area contributed by atoms with Crippen LogP contribution in [-0.4, -0.2) is 6.61 Å². The Bertz CT molecular complexity index is 811. The van der Waals surface area contributed by atoms with Gasteiger partial charge in [-0.3, -0.25) is 0 Å². The first-order valence-electron chi connectivity index (χ1n) is 10.7. The van der Waals surface area contributed by atoms with Crippen LogP contribution in [0.5, 0.6) is 5.75 Å². The average molecular weight is 367 g/mol. The fourth-order valence-corrected chi connectivity index (χ4v) is 5.46. The Hall–Kier alpha value is -1.83. The number of benzene rings is 2. The van der Waals surface area contributed by atoms with Crippen LogP contribution in [0.15, 0.2) is 43.0 Å². The third-order valence-electron chi connectivity index (χ3n) is 7.07. The number of rotatable bonds is 5. The molecule has 0 aromatic heterocycles. The van der Waals surface area contributed by atoms with E-state index in [9.17, 15) is 4.39 Å². The van der Waals surface area contributed by atoms with Crippen molar-refractivity contribution in [2.75, 3.05) is 6.61 Å². The fraction of sp³-hybridized carbons (Fsp3) is 0.520. The highest BCUT2D eigenvalue weighted by molar-refractivity contribution is 5.85. The summed E-state index contributed by atoms with van der Waals surface area (Å²) in [6, 6.07) is 10.0. The first kappa shape index (κ1) is 18.5. The Kier molecular flexibility index (Phi) is 5.52. The Morgan fingerprint density at radius 2 is 1.89 bits per heavy atom. The molecule has 0 N–H and O–H groups in total. The van der Waals surface area contributed by atoms with E-state index in [-0.39, 0.29) is 5.82 Å². The third kappa shape index (κ3) is 3.77. The number of hydrogen-bond acceptors (Lipinski definition) is 1. The van der Waals surface area contributed by atoms with Crippen molar-refractivity contribution in [3.8, 4) is 5.75 Å². The van der Waals surface area contributed by atoms with Gasteiger partial charge in [0.15, 0.2) is 11.6 Å². The van der Waals surface area contributed by atoms with Crippen molar-refractivity contribution in [1.82, 2.24) is 0 Å². The van der Waals surface area contributed by atoms with Gasteiger partial charge in [-0.25, -0.2) is 4.39 Å². The van der Waals surface area contributed by atoms with Crippen molar-refractivity contribution in [2.24, 2.45) is 17.8 Å². The van der Waals surface area contributed by atoms with Crippen molar-refractivity contribution < 1.29 is 9.13 Å². The zero-order valence-corrected chi connectivity index (χ0v) is 16.4. The molecule has 4 unspecified atom stereocenters. The zero-order valence-electron chi connectivity index (χ0n) is 16.4. The lowest BCUT2D eigenvalue weighted by Gasteiger charge is -2.42. The molecular formula is C25H31FO. The molecule has 0 radical (unpaired) electrons. The molecule has 0 heterocycles. The first-order chi connectivity index (χ1) is 13.2. The van der Waals surface area contributed by atoms with Crippen LogP contribution in [0.1, 0.15) is 63.4 Å². The first-order valence-corrected chi connectivity index (χ1v) is 10.7. The van der Waals surface area contributed by atoms with Crippen LogP contribution in [0.25, 0.3) is 10.8 Å². The molecule has 4 atom stereocenters. The molecule has 2 saturated carbocycles. The summed E-state index contributed by atoms with van der Waals surface area (Å²) in [6.07, 6.45) is 11.2. The van der Waals surface area contributed by atoms with E-state index in [4.69, 9.17) is 4.74 Å². The van der Waals surface area contributed by atoms with Gasteiger partial charge >= 0.3 is 0 Å². The Morgan fingerprint density at radius 3 is 2.70 bits per heavy atom. The van der Waals surface area contributed by atoms with E-state index in [1.165, 1.54) is 50.5 Å². The lowest BCUT2D eigenvalue weighted by atomic mass is 9.63. The molecular weight excluding hydrogens is 335 g/mol. The summed E-state index contributed by atoms with van der Waals surface area (Å²) in [4.78, 5) is 0. The SMILES string of the molecule is C=CCOc1ccc2cc(C3CCC4CC(CC)CCC4C3)ccc2c1F. The smallest absolute Gasteiger partial charge is 0.172 e. The van der Waals surface area contributed by atoms with Crippen molar-refractivity contribution in [3.05, 3.63) is 54.4 Å². The highest BCUT2D eigenvalue weighted by Crippen LogP contribution is 2.48. The Labute approximate surface area is 162 Å². The summed E-state index contributed by atoms with van der Waals surface area (Å²) in [5.41, 5.74) is 1.39. The predicted octanol–water partition coefficient (Wildman–Crippen LogP) is 7.25. The molecule has 1 nitrogen and oxygen atoms in total. The lowest BCUT2D eigenvalue weighted by Crippen LogP contribution is -2.30. The van der Waals surface area contributed by atoms with Gasteiger partial charge in [-0.05, 0) is 72.8 Å². The maximum Gasteiger partial charge on any atom is 0.172 e. The summed E-state index contributed by atoms with van der Waals surface area (Å²) in [6.45, 7) is 6.29. The molecule has 144 valence electrons. The number of hydrogen-bond donors (Lipinski definition) is 0. The maximum atomic E-state index is 14.7. The van der Waals surface area contributed by atoms with Crippen LogP contribution < -0.4 is 4.74 Å². The van der Waals surface area contributed by atoms with Gasteiger partial charge in [0.2, 0.25) is 0 Å². The molecule has 2 aliphatic rings. The molecule has 2 aliphatic carbocycles. The molecule has 0 saturated heterocycles. The second kappa shape index (κ2) is 8.04. The predicted molar refractivity (Wildman–Crippen MR) is 111 cm³/mol. The number of ether oxygens (including phenoxy) is 1. The Morgan fingerprint density at radius 1 is 1.07 bits per heavy atom. The zero-order chi connectivity index (χ0) is 18.8. The minimum atomic E-state index is -0.262. The van der Waals surface area contributed by atoms with Gasteiger partial charge in [-0.15, -0.1) is 0 Å². The van der Waals surface area contributed by atoms with E-state index in [1.54, 1.807) is 12.1 Å². The fourth-order valence-electron chi connectivity index (χ4n) is 5.46. The van der Waals surface area contributed by atoms with Gasteiger partial charge in [0.25, 0.3) is 0 Å². The van der Waals surface area contributed by atoms with E-state index >= 15 is 0 Å². The standard InChI is InChI=1S/C25H31FO/c1-3-13-27-24-12-10-22-16-21(9-11-23(22)25(24)26)20-8-7-18-14-17(4-2)5-6-19(18)15-20/h3,9-12,16-20H,1,4-8,13-15H2,2H3. The molecule has 2 aromatic rings. The van der Waals surface area contributed by atoms with Crippen LogP contribution in [0.4, 0.5) is 4.39 Å². The van der Waals surface area contributed by atoms with E-state index in [0.29, 0.717) is 23.7 Å². The van der Waals surface area contributed by atoms with E-state index in [1.807, 2.05) is 12.1 Å². The van der Waals surface area contributed by atoms with Gasteiger partial charge in [0.1, 0.15) is 6.61 Å². The van der Waals surface area contributed by atoms with Crippen LogP contribution >= 0.6 is 0 Å². The summed E-state index contributed by atoms with van der Waals surface area (Å²) in [5, 5.41) is 1.63. The van der Waals surface area contributed by atoms with E-state index < -0.39 is 0 Å². The van der Waals surface area contributed by atoms with Gasteiger partial charge in [0, 0.05) is 5.39 Å². The molecule has 0 aliphatic heterocycles. The topological polar surface area (TPSA) is 9.23 Å². The summed E-state index contributed by atoms with van der Waals surface area (Å²) in [7, 11) is 0.